The van der Waals surface area contributed by atoms with Crippen molar-refractivity contribution in [2.24, 2.45) is 11.0 Å². The summed E-state index contributed by atoms with van der Waals surface area (Å²) in [6.45, 7) is 6.03. The zero-order valence-corrected chi connectivity index (χ0v) is 11.3. The van der Waals surface area contributed by atoms with Gasteiger partial charge in [-0.15, -0.1) is 0 Å². The molecule has 2 fully saturated rings. The summed E-state index contributed by atoms with van der Waals surface area (Å²) in [7, 11) is 0. The minimum atomic E-state index is -0.589. The molecule has 0 aliphatic carbocycles. The van der Waals surface area contributed by atoms with Crippen molar-refractivity contribution >= 4 is 5.97 Å². The fourth-order valence-corrected chi connectivity index (χ4v) is 3.18. The van der Waals surface area contributed by atoms with E-state index >= 15 is 0 Å². The molecule has 2 aliphatic heterocycles. The number of nitrogens with one attached hydrogen (secondary N) is 1. The summed E-state index contributed by atoms with van der Waals surface area (Å²) in [6.07, 6.45) is 1.79. The monoisotopic (exact) mass is 267 g/mol. The summed E-state index contributed by atoms with van der Waals surface area (Å²) in [5, 5.41) is 6.83. The molecule has 7 heteroatoms. The van der Waals surface area contributed by atoms with Crippen LogP contribution in [0.1, 0.15) is 19.8 Å². The Morgan fingerprint density at radius 2 is 2.47 bits per heavy atom. The van der Waals surface area contributed by atoms with Crippen molar-refractivity contribution in [1.82, 2.24) is 10.2 Å². The molecule has 2 rings (SSSR count). The Morgan fingerprint density at radius 3 is 3.21 bits per heavy atom. The maximum atomic E-state index is 12.4. The number of nitrogens with zero attached hydrogens (tertiary/aromatic N) is 4. The molecular weight excluding hydrogens is 246 g/mol. The number of ether oxygens (including phenoxy) is 1. The molecule has 2 aliphatic rings. The van der Waals surface area contributed by atoms with E-state index in [-0.39, 0.29) is 5.97 Å². The largest absolute Gasteiger partial charge is 0.465 e. The SMILES string of the molecule is CCOC(=O)C1(NCCN=[N+]=[N-])CCN2CCC1C2. The Labute approximate surface area is 112 Å². The van der Waals surface area contributed by atoms with Gasteiger partial charge in [0.25, 0.3) is 0 Å². The number of esters is 1. The van der Waals surface area contributed by atoms with Crippen LogP contribution >= 0.6 is 0 Å². The molecule has 0 radical (unpaired) electrons. The van der Waals surface area contributed by atoms with Crippen molar-refractivity contribution in [2.75, 3.05) is 39.3 Å². The van der Waals surface area contributed by atoms with Crippen molar-refractivity contribution in [2.45, 2.75) is 25.3 Å². The van der Waals surface area contributed by atoms with E-state index in [4.69, 9.17) is 10.3 Å². The smallest absolute Gasteiger partial charge is 0.326 e. The van der Waals surface area contributed by atoms with Gasteiger partial charge in [-0.05, 0) is 31.8 Å². The first-order valence-electron chi connectivity index (χ1n) is 6.88. The van der Waals surface area contributed by atoms with Crippen LogP contribution in [0.25, 0.3) is 10.4 Å². The first-order valence-corrected chi connectivity index (χ1v) is 6.88. The van der Waals surface area contributed by atoms with E-state index in [0.29, 0.717) is 25.6 Å². The Bertz CT molecular complexity index is 382. The van der Waals surface area contributed by atoms with E-state index in [9.17, 15) is 4.79 Å². The maximum absolute atomic E-state index is 12.4. The van der Waals surface area contributed by atoms with E-state index in [1.807, 2.05) is 6.92 Å². The van der Waals surface area contributed by atoms with Crippen molar-refractivity contribution in [1.29, 1.82) is 0 Å². The van der Waals surface area contributed by atoms with Crippen LogP contribution in [0.5, 0.6) is 0 Å². The van der Waals surface area contributed by atoms with Crippen molar-refractivity contribution in [3.8, 4) is 0 Å². The fraction of sp³-hybridized carbons (Fsp3) is 0.917. The molecule has 1 N–H and O–H groups in total. The van der Waals surface area contributed by atoms with Gasteiger partial charge in [0.2, 0.25) is 0 Å². The molecule has 0 saturated carbocycles. The van der Waals surface area contributed by atoms with Crippen LogP contribution in [0.2, 0.25) is 0 Å². The highest BCUT2D eigenvalue weighted by molar-refractivity contribution is 5.81. The molecule has 2 saturated heterocycles. The molecule has 2 bridgehead atoms. The lowest BCUT2D eigenvalue weighted by molar-refractivity contribution is -0.155. The molecule has 0 aromatic rings. The molecule has 0 aromatic carbocycles. The van der Waals surface area contributed by atoms with Crippen LogP contribution in [-0.2, 0) is 9.53 Å². The normalized spacial score (nSPS) is 32.7. The van der Waals surface area contributed by atoms with Gasteiger partial charge in [-0.3, -0.25) is 4.79 Å². The quantitative estimate of drug-likeness (QED) is 0.255. The maximum Gasteiger partial charge on any atom is 0.326 e. The number of hydrogen-bond acceptors (Lipinski definition) is 5. The van der Waals surface area contributed by atoms with Gasteiger partial charge >= 0.3 is 5.97 Å². The molecule has 7 nitrogen and oxygen atoms in total. The van der Waals surface area contributed by atoms with E-state index in [2.05, 4.69) is 20.2 Å². The second kappa shape index (κ2) is 6.23. The predicted molar refractivity (Wildman–Crippen MR) is 70.5 cm³/mol. The summed E-state index contributed by atoms with van der Waals surface area (Å²) in [5.74, 6) is 0.147. The molecule has 2 heterocycles. The van der Waals surface area contributed by atoms with Crippen molar-refractivity contribution in [3.05, 3.63) is 10.4 Å². The molecule has 0 aromatic heterocycles. The van der Waals surface area contributed by atoms with Crippen molar-refractivity contribution < 1.29 is 9.53 Å². The van der Waals surface area contributed by atoms with Gasteiger partial charge < -0.3 is 15.0 Å². The lowest BCUT2D eigenvalue weighted by Crippen LogP contribution is -2.62. The Hall–Kier alpha value is -1.30. The van der Waals surface area contributed by atoms with Gasteiger partial charge in [-0.25, -0.2) is 0 Å². The average molecular weight is 267 g/mol. The molecule has 106 valence electrons. The van der Waals surface area contributed by atoms with Crippen LogP contribution in [0, 0.1) is 5.92 Å². The number of piperidine rings is 1. The number of azide groups is 1. The first-order chi connectivity index (χ1) is 9.23. The van der Waals surface area contributed by atoms with Crippen LogP contribution < -0.4 is 5.32 Å². The fourth-order valence-electron chi connectivity index (χ4n) is 3.18. The summed E-state index contributed by atoms with van der Waals surface area (Å²) >= 11 is 0. The third-order valence-electron chi connectivity index (χ3n) is 4.15. The van der Waals surface area contributed by atoms with E-state index < -0.39 is 5.54 Å². The van der Waals surface area contributed by atoms with Gasteiger partial charge in [-0.2, -0.15) is 0 Å². The van der Waals surface area contributed by atoms with Crippen LogP contribution in [-0.4, -0.2) is 55.7 Å². The Morgan fingerprint density at radius 1 is 1.63 bits per heavy atom. The summed E-state index contributed by atoms with van der Waals surface area (Å²) in [6, 6.07) is 0. The Kier molecular flexibility index (Phi) is 4.63. The van der Waals surface area contributed by atoms with E-state index in [1.165, 1.54) is 0 Å². The van der Waals surface area contributed by atoms with E-state index in [1.54, 1.807) is 0 Å². The van der Waals surface area contributed by atoms with Crippen LogP contribution in [0.15, 0.2) is 5.11 Å². The molecular formula is C12H21N5O2. The second-order valence-corrected chi connectivity index (χ2v) is 5.11. The highest BCUT2D eigenvalue weighted by Crippen LogP contribution is 2.36. The van der Waals surface area contributed by atoms with Crippen LogP contribution in [0.4, 0.5) is 0 Å². The average Bonchev–Trinajstić information content (AvgIpc) is 2.82. The van der Waals surface area contributed by atoms with Gasteiger partial charge in [0.05, 0.1) is 6.61 Å². The molecule has 0 spiro atoms. The van der Waals surface area contributed by atoms with Crippen LogP contribution in [0.3, 0.4) is 0 Å². The first kappa shape index (κ1) is 14.1. The molecule has 0 amide bonds. The third-order valence-corrected chi connectivity index (χ3v) is 4.15. The number of rotatable bonds is 6. The van der Waals surface area contributed by atoms with Gasteiger partial charge in [0, 0.05) is 37.0 Å². The Balaban J connectivity index is 2.07. The zero-order valence-electron chi connectivity index (χ0n) is 11.3. The summed E-state index contributed by atoms with van der Waals surface area (Å²) < 4.78 is 5.27. The standard InChI is InChI=1S/C12H21N5O2/c1-2-19-11(18)12(14-5-6-15-16-13)4-8-17-7-3-10(12)9-17/h10,14H,2-9H2,1H3. The van der Waals surface area contributed by atoms with Gasteiger partial charge in [0.15, 0.2) is 0 Å². The second-order valence-electron chi connectivity index (χ2n) is 5.11. The van der Waals surface area contributed by atoms with Gasteiger partial charge in [-0.1, -0.05) is 5.11 Å². The minimum absolute atomic E-state index is 0.150. The molecule has 19 heavy (non-hydrogen) atoms. The highest BCUT2D eigenvalue weighted by atomic mass is 16.5. The van der Waals surface area contributed by atoms with Gasteiger partial charge in [0.1, 0.15) is 5.54 Å². The lowest BCUT2D eigenvalue weighted by Gasteiger charge is -2.41. The molecule has 3 unspecified atom stereocenters. The zero-order chi connectivity index (χ0) is 13.7. The third kappa shape index (κ3) is 2.83. The predicted octanol–water partition coefficient (Wildman–Crippen LogP) is 0.914. The number of hydrogen-bond donors (Lipinski definition) is 1. The number of carbonyl (C=O) groups excluding carboxylic acids is 1. The lowest BCUT2D eigenvalue weighted by atomic mass is 9.78. The summed E-state index contributed by atoms with van der Waals surface area (Å²) in [4.78, 5) is 17.5. The number of fused-ring (bicyclic) bond motifs is 2. The summed E-state index contributed by atoms with van der Waals surface area (Å²) in [5.41, 5.74) is 7.71. The van der Waals surface area contributed by atoms with Crippen molar-refractivity contribution in [3.63, 3.8) is 0 Å². The minimum Gasteiger partial charge on any atom is -0.465 e. The number of carbonyl (C=O) groups is 1. The molecule has 3 atom stereocenters. The highest BCUT2D eigenvalue weighted by Gasteiger charge is 2.51. The topological polar surface area (TPSA) is 90.3 Å². The van der Waals surface area contributed by atoms with E-state index in [0.717, 1.165) is 32.5 Å².